The van der Waals surface area contributed by atoms with Gasteiger partial charge in [-0.2, -0.15) is 0 Å². The first-order valence-electron chi connectivity index (χ1n) is 9.53. The SMILES string of the molecule is CC1(C)O[C@H]2[C@@H](COC(=O)C(C)(C)C)C[C@@H](n3cnc4c(N)ncnc43)[C@H]2O1. The van der Waals surface area contributed by atoms with Gasteiger partial charge in [0.2, 0.25) is 0 Å². The van der Waals surface area contributed by atoms with Gasteiger partial charge in [-0.05, 0) is 41.0 Å². The van der Waals surface area contributed by atoms with Crippen molar-refractivity contribution in [2.75, 3.05) is 12.3 Å². The number of carbonyl (C=O) groups is 1. The minimum atomic E-state index is -0.704. The summed E-state index contributed by atoms with van der Waals surface area (Å²) in [5.41, 5.74) is 6.62. The summed E-state index contributed by atoms with van der Waals surface area (Å²) in [5, 5.41) is 0. The number of hydrogen-bond donors (Lipinski definition) is 1. The highest BCUT2D eigenvalue weighted by Gasteiger charge is 2.55. The van der Waals surface area contributed by atoms with Gasteiger partial charge in [0.25, 0.3) is 0 Å². The van der Waals surface area contributed by atoms with Crippen LogP contribution in [0.3, 0.4) is 0 Å². The smallest absolute Gasteiger partial charge is 0.311 e. The molecule has 2 N–H and O–H groups in total. The molecule has 1 aliphatic heterocycles. The van der Waals surface area contributed by atoms with E-state index in [-0.39, 0.29) is 36.7 Å². The molecule has 0 radical (unpaired) electrons. The molecule has 0 unspecified atom stereocenters. The van der Waals surface area contributed by atoms with E-state index in [1.807, 2.05) is 39.2 Å². The van der Waals surface area contributed by atoms with Crippen LogP contribution < -0.4 is 5.73 Å². The maximum Gasteiger partial charge on any atom is 0.311 e. The van der Waals surface area contributed by atoms with E-state index in [0.29, 0.717) is 17.0 Å². The minimum absolute atomic E-state index is 0.0136. The van der Waals surface area contributed by atoms with Gasteiger partial charge in [0.05, 0.1) is 30.5 Å². The summed E-state index contributed by atoms with van der Waals surface area (Å²) >= 11 is 0. The lowest BCUT2D eigenvalue weighted by atomic mass is 9.97. The molecular weight excluding hydrogens is 362 g/mol. The van der Waals surface area contributed by atoms with Crippen molar-refractivity contribution in [3.05, 3.63) is 12.7 Å². The molecule has 2 aromatic heterocycles. The Balaban J connectivity index is 1.61. The van der Waals surface area contributed by atoms with Crippen molar-refractivity contribution in [3.8, 4) is 0 Å². The van der Waals surface area contributed by atoms with Crippen molar-refractivity contribution in [2.45, 2.75) is 65.1 Å². The van der Waals surface area contributed by atoms with E-state index >= 15 is 0 Å². The molecule has 28 heavy (non-hydrogen) atoms. The molecule has 3 heterocycles. The maximum atomic E-state index is 12.2. The van der Waals surface area contributed by atoms with Gasteiger partial charge < -0.3 is 24.5 Å². The Morgan fingerprint density at radius 1 is 1.29 bits per heavy atom. The predicted molar refractivity (Wildman–Crippen MR) is 101 cm³/mol. The maximum absolute atomic E-state index is 12.2. The normalized spacial score (nSPS) is 29.2. The molecule has 0 amide bonds. The van der Waals surface area contributed by atoms with Crippen LogP contribution in [-0.4, -0.2) is 50.1 Å². The van der Waals surface area contributed by atoms with Crippen LogP contribution in [0.4, 0.5) is 5.82 Å². The van der Waals surface area contributed by atoms with Crippen LogP contribution in [0.5, 0.6) is 0 Å². The number of rotatable bonds is 3. The fraction of sp³-hybridized carbons (Fsp3) is 0.684. The molecule has 9 nitrogen and oxygen atoms in total. The van der Waals surface area contributed by atoms with Crippen LogP contribution in [0.2, 0.25) is 0 Å². The molecule has 4 rings (SSSR count). The average Bonchev–Trinajstić information content (AvgIpc) is 3.23. The van der Waals surface area contributed by atoms with E-state index in [1.54, 1.807) is 6.33 Å². The summed E-state index contributed by atoms with van der Waals surface area (Å²) in [6, 6.07) is -0.0515. The molecule has 0 bridgehead atoms. The molecule has 2 fully saturated rings. The van der Waals surface area contributed by atoms with Gasteiger partial charge in [-0.1, -0.05) is 0 Å². The summed E-state index contributed by atoms with van der Waals surface area (Å²) in [6.45, 7) is 9.61. The summed E-state index contributed by atoms with van der Waals surface area (Å²) in [7, 11) is 0. The minimum Gasteiger partial charge on any atom is -0.465 e. The Morgan fingerprint density at radius 2 is 2.00 bits per heavy atom. The van der Waals surface area contributed by atoms with Gasteiger partial charge in [0.15, 0.2) is 17.3 Å². The Bertz CT molecular complexity index is 903. The molecule has 2 aromatic rings. The van der Waals surface area contributed by atoms with E-state index in [2.05, 4.69) is 15.0 Å². The number of ether oxygens (including phenoxy) is 3. The fourth-order valence-electron chi connectivity index (χ4n) is 4.00. The second kappa shape index (κ2) is 6.38. The zero-order valence-corrected chi connectivity index (χ0v) is 16.9. The van der Waals surface area contributed by atoms with Crippen LogP contribution in [0.1, 0.15) is 47.1 Å². The number of nitrogen functional groups attached to an aromatic ring is 1. The van der Waals surface area contributed by atoms with Crippen LogP contribution in [0.15, 0.2) is 12.7 Å². The number of imidazole rings is 1. The largest absolute Gasteiger partial charge is 0.465 e. The van der Waals surface area contributed by atoms with Crippen LogP contribution in [-0.2, 0) is 19.0 Å². The van der Waals surface area contributed by atoms with E-state index in [1.165, 1.54) is 6.33 Å². The van der Waals surface area contributed by atoms with Gasteiger partial charge in [-0.3, -0.25) is 4.79 Å². The Labute approximate surface area is 163 Å². The zero-order valence-electron chi connectivity index (χ0n) is 16.9. The molecule has 2 aliphatic rings. The Hall–Kier alpha value is -2.26. The molecule has 0 aromatic carbocycles. The standard InChI is InChI=1S/C19H27N5O4/c1-18(2,3)17(25)26-7-10-6-11(14-13(10)27-19(4,5)28-14)24-9-23-12-15(20)21-8-22-16(12)24/h8-11,13-14H,6-7H2,1-5H3,(H2,20,21,22)/t10-,11-,13+,14-/m1/s1. The third-order valence-corrected chi connectivity index (χ3v) is 5.34. The number of fused-ring (bicyclic) bond motifs is 2. The van der Waals surface area contributed by atoms with Crippen molar-refractivity contribution < 1.29 is 19.0 Å². The molecule has 9 heteroatoms. The molecule has 4 atom stereocenters. The second-order valence-electron chi connectivity index (χ2n) is 9.06. The summed E-state index contributed by atoms with van der Waals surface area (Å²) in [5.74, 6) is -0.568. The third-order valence-electron chi connectivity index (χ3n) is 5.34. The zero-order chi connectivity index (χ0) is 20.3. The number of hydrogen-bond acceptors (Lipinski definition) is 8. The first-order valence-corrected chi connectivity index (χ1v) is 9.53. The number of aromatic nitrogens is 4. The molecule has 1 aliphatic carbocycles. The summed E-state index contributed by atoms with van der Waals surface area (Å²) in [6.07, 6.45) is 3.50. The molecule has 1 saturated heterocycles. The third kappa shape index (κ3) is 3.22. The first kappa shape index (κ1) is 19.1. The summed E-state index contributed by atoms with van der Waals surface area (Å²) in [4.78, 5) is 25.0. The lowest BCUT2D eigenvalue weighted by molar-refractivity contribution is -0.167. The first-order chi connectivity index (χ1) is 13.1. The van der Waals surface area contributed by atoms with E-state index in [0.717, 1.165) is 6.42 Å². The highest BCUT2D eigenvalue weighted by Crippen LogP contribution is 2.47. The van der Waals surface area contributed by atoms with Crippen molar-refractivity contribution in [3.63, 3.8) is 0 Å². The van der Waals surface area contributed by atoms with Crippen molar-refractivity contribution in [1.82, 2.24) is 19.5 Å². The predicted octanol–water partition coefficient (Wildman–Crippen LogP) is 2.08. The number of anilines is 1. The Kier molecular flexibility index (Phi) is 4.35. The van der Waals surface area contributed by atoms with Crippen LogP contribution >= 0.6 is 0 Å². The number of nitrogens with two attached hydrogens (primary N) is 1. The van der Waals surface area contributed by atoms with Crippen molar-refractivity contribution in [1.29, 1.82) is 0 Å². The van der Waals surface area contributed by atoms with E-state index < -0.39 is 11.2 Å². The van der Waals surface area contributed by atoms with Gasteiger partial charge in [0.1, 0.15) is 17.9 Å². The summed E-state index contributed by atoms with van der Waals surface area (Å²) < 4.78 is 19.9. The Morgan fingerprint density at radius 3 is 2.71 bits per heavy atom. The topological polar surface area (TPSA) is 114 Å². The monoisotopic (exact) mass is 389 g/mol. The lowest BCUT2D eigenvalue weighted by Gasteiger charge is -2.25. The van der Waals surface area contributed by atoms with Gasteiger partial charge in [0, 0.05) is 5.92 Å². The number of esters is 1. The van der Waals surface area contributed by atoms with Crippen molar-refractivity contribution >= 4 is 23.0 Å². The molecule has 152 valence electrons. The van der Waals surface area contributed by atoms with Crippen LogP contribution in [0, 0.1) is 11.3 Å². The molecule has 0 spiro atoms. The van der Waals surface area contributed by atoms with Crippen LogP contribution in [0.25, 0.3) is 11.2 Å². The van der Waals surface area contributed by atoms with Crippen molar-refractivity contribution in [2.24, 2.45) is 11.3 Å². The lowest BCUT2D eigenvalue weighted by Crippen LogP contribution is -2.31. The van der Waals surface area contributed by atoms with Gasteiger partial charge in [-0.25, -0.2) is 15.0 Å². The quantitative estimate of drug-likeness (QED) is 0.794. The van der Waals surface area contributed by atoms with E-state index in [4.69, 9.17) is 19.9 Å². The van der Waals surface area contributed by atoms with Gasteiger partial charge >= 0.3 is 5.97 Å². The molecule has 1 saturated carbocycles. The fourth-order valence-corrected chi connectivity index (χ4v) is 4.00. The molecular formula is C19H27N5O4. The number of carbonyl (C=O) groups excluding carboxylic acids is 1. The highest BCUT2D eigenvalue weighted by atomic mass is 16.8. The number of nitrogens with zero attached hydrogens (tertiary/aromatic N) is 4. The highest BCUT2D eigenvalue weighted by molar-refractivity contribution is 5.81. The second-order valence-corrected chi connectivity index (χ2v) is 9.06. The average molecular weight is 389 g/mol. The van der Waals surface area contributed by atoms with E-state index in [9.17, 15) is 4.79 Å². The van der Waals surface area contributed by atoms with Gasteiger partial charge in [-0.15, -0.1) is 0 Å².